The Labute approximate surface area is 128 Å². The van der Waals surface area contributed by atoms with Crippen molar-refractivity contribution in [3.05, 3.63) is 53.6 Å². The molecule has 6 nitrogen and oxygen atoms in total. The second kappa shape index (κ2) is 6.07. The molecule has 1 N–H and O–H groups in total. The van der Waals surface area contributed by atoms with Gasteiger partial charge in [-0.05, 0) is 31.2 Å². The van der Waals surface area contributed by atoms with Crippen molar-refractivity contribution >= 4 is 16.1 Å². The van der Waals surface area contributed by atoms with E-state index in [4.69, 9.17) is 8.92 Å². The van der Waals surface area contributed by atoms with Gasteiger partial charge in [-0.1, -0.05) is 23.8 Å². The number of carbonyl (C=O) groups is 1. The molecule has 0 fully saturated rings. The van der Waals surface area contributed by atoms with Crippen LogP contribution in [0.2, 0.25) is 0 Å². The first-order chi connectivity index (χ1) is 10.3. The van der Waals surface area contributed by atoms with E-state index in [0.29, 0.717) is 0 Å². The SMILES string of the molecule is COc1cccc(OS(=O)(=O)c2ccc(C)cc2)c1C(=O)O. The molecule has 0 spiro atoms. The van der Waals surface area contributed by atoms with E-state index in [1.54, 1.807) is 12.1 Å². The molecular formula is C15H14O6S. The zero-order valence-electron chi connectivity index (χ0n) is 11.9. The van der Waals surface area contributed by atoms with Crippen molar-refractivity contribution in [2.45, 2.75) is 11.8 Å². The average Bonchev–Trinajstić information content (AvgIpc) is 2.46. The summed E-state index contributed by atoms with van der Waals surface area (Å²) < 4.78 is 34.4. The van der Waals surface area contributed by atoms with Gasteiger partial charge in [0.2, 0.25) is 0 Å². The summed E-state index contributed by atoms with van der Waals surface area (Å²) in [6, 6.07) is 10.2. The zero-order valence-corrected chi connectivity index (χ0v) is 12.8. The molecule has 0 unspecified atom stereocenters. The summed E-state index contributed by atoms with van der Waals surface area (Å²) in [6.07, 6.45) is 0. The highest BCUT2D eigenvalue weighted by Crippen LogP contribution is 2.30. The third-order valence-electron chi connectivity index (χ3n) is 2.93. The van der Waals surface area contributed by atoms with Crippen molar-refractivity contribution in [3.8, 4) is 11.5 Å². The molecule has 116 valence electrons. The van der Waals surface area contributed by atoms with Gasteiger partial charge in [-0.15, -0.1) is 0 Å². The average molecular weight is 322 g/mol. The minimum absolute atomic E-state index is 0.0177. The topological polar surface area (TPSA) is 89.9 Å². The standard InChI is InChI=1S/C15H14O6S/c1-10-6-8-11(9-7-10)22(18,19)21-13-5-3-4-12(20-2)14(13)15(16)17/h3-9H,1-2H3,(H,16,17). The van der Waals surface area contributed by atoms with Crippen LogP contribution in [-0.2, 0) is 10.1 Å². The molecule has 0 aliphatic carbocycles. The molecule has 0 amide bonds. The maximum atomic E-state index is 12.2. The van der Waals surface area contributed by atoms with Gasteiger partial charge in [0.15, 0.2) is 5.75 Å². The van der Waals surface area contributed by atoms with Crippen LogP contribution in [0, 0.1) is 6.92 Å². The van der Waals surface area contributed by atoms with Crippen LogP contribution < -0.4 is 8.92 Å². The second-order valence-electron chi connectivity index (χ2n) is 4.49. The molecule has 7 heteroatoms. The lowest BCUT2D eigenvalue weighted by atomic mass is 10.2. The fourth-order valence-electron chi connectivity index (χ4n) is 1.83. The molecule has 22 heavy (non-hydrogen) atoms. The lowest BCUT2D eigenvalue weighted by Crippen LogP contribution is -2.13. The molecule has 0 aliphatic heterocycles. The summed E-state index contributed by atoms with van der Waals surface area (Å²) in [5.41, 5.74) is 0.548. The lowest BCUT2D eigenvalue weighted by Gasteiger charge is -2.12. The Hall–Kier alpha value is -2.54. The smallest absolute Gasteiger partial charge is 0.343 e. The van der Waals surface area contributed by atoms with Gasteiger partial charge in [-0.25, -0.2) is 4.79 Å². The van der Waals surface area contributed by atoms with Gasteiger partial charge in [0, 0.05) is 0 Å². The number of aromatic carboxylic acids is 1. The van der Waals surface area contributed by atoms with Crippen molar-refractivity contribution in [1.82, 2.24) is 0 Å². The Kier molecular flexibility index (Phi) is 4.37. The molecule has 0 saturated heterocycles. The number of hydrogen-bond donors (Lipinski definition) is 1. The molecule has 2 aromatic rings. The highest BCUT2D eigenvalue weighted by molar-refractivity contribution is 7.87. The largest absolute Gasteiger partial charge is 0.496 e. The summed E-state index contributed by atoms with van der Waals surface area (Å²) in [6.45, 7) is 1.82. The Morgan fingerprint density at radius 3 is 2.18 bits per heavy atom. The normalized spacial score (nSPS) is 11.0. The number of aryl methyl sites for hydroxylation is 1. The van der Waals surface area contributed by atoms with Crippen LogP contribution in [0.25, 0.3) is 0 Å². The number of hydrogen-bond acceptors (Lipinski definition) is 5. The molecule has 0 radical (unpaired) electrons. The molecule has 0 atom stereocenters. The van der Waals surface area contributed by atoms with E-state index in [1.165, 1.54) is 37.4 Å². The van der Waals surface area contributed by atoms with Gasteiger partial charge < -0.3 is 14.0 Å². The number of methoxy groups -OCH3 is 1. The van der Waals surface area contributed by atoms with E-state index < -0.39 is 16.1 Å². The van der Waals surface area contributed by atoms with Crippen molar-refractivity contribution < 1.29 is 27.2 Å². The van der Waals surface area contributed by atoms with Crippen molar-refractivity contribution in [2.75, 3.05) is 7.11 Å². The fourth-order valence-corrected chi connectivity index (χ4v) is 2.77. The first-order valence-corrected chi connectivity index (χ1v) is 7.67. The molecular weight excluding hydrogens is 308 g/mol. The highest BCUT2D eigenvalue weighted by atomic mass is 32.2. The first kappa shape index (κ1) is 15.8. The molecule has 0 heterocycles. The van der Waals surface area contributed by atoms with Crippen LogP contribution in [0.1, 0.15) is 15.9 Å². The first-order valence-electron chi connectivity index (χ1n) is 6.26. The van der Waals surface area contributed by atoms with Crippen LogP contribution >= 0.6 is 0 Å². The van der Waals surface area contributed by atoms with Crippen molar-refractivity contribution in [2.24, 2.45) is 0 Å². The van der Waals surface area contributed by atoms with Crippen molar-refractivity contribution in [1.29, 1.82) is 0 Å². The third kappa shape index (κ3) is 3.20. The van der Waals surface area contributed by atoms with Gasteiger partial charge in [0.05, 0.1) is 7.11 Å². The van der Waals surface area contributed by atoms with Gasteiger partial charge >= 0.3 is 16.1 Å². The molecule has 0 aromatic heterocycles. The number of rotatable bonds is 5. The van der Waals surface area contributed by atoms with Crippen molar-refractivity contribution in [3.63, 3.8) is 0 Å². The monoisotopic (exact) mass is 322 g/mol. The van der Waals surface area contributed by atoms with E-state index in [-0.39, 0.29) is 22.0 Å². The molecule has 0 bridgehead atoms. The van der Waals surface area contributed by atoms with Gasteiger partial charge in [0.25, 0.3) is 0 Å². The summed E-state index contributed by atoms with van der Waals surface area (Å²) >= 11 is 0. The van der Waals surface area contributed by atoms with Crippen LogP contribution in [0.5, 0.6) is 11.5 Å². The second-order valence-corrected chi connectivity index (χ2v) is 6.04. The minimum atomic E-state index is -4.13. The predicted molar refractivity (Wildman–Crippen MR) is 78.9 cm³/mol. The molecule has 2 rings (SSSR count). The maximum absolute atomic E-state index is 12.2. The Bertz CT molecular complexity index is 793. The van der Waals surface area contributed by atoms with E-state index in [0.717, 1.165) is 5.56 Å². The highest BCUT2D eigenvalue weighted by Gasteiger charge is 2.23. The third-order valence-corrected chi connectivity index (χ3v) is 4.18. The quantitative estimate of drug-likeness (QED) is 0.851. The predicted octanol–water partition coefficient (Wildman–Crippen LogP) is 2.47. The van der Waals surface area contributed by atoms with Crippen LogP contribution in [0.3, 0.4) is 0 Å². The summed E-state index contributed by atoms with van der Waals surface area (Å²) in [5, 5.41) is 9.23. The summed E-state index contributed by atoms with van der Waals surface area (Å²) in [4.78, 5) is 11.3. The lowest BCUT2D eigenvalue weighted by molar-refractivity contribution is 0.0691. The Morgan fingerprint density at radius 1 is 1.05 bits per heavy atom. The fraction of sp³-hybridized carbons (Fsp3) is 0.133. The van der Waals surface area contributed by atoms with Crippen LogP contribution in [-0.4, -0.2) is 26.6 Å². The zero-order chi connectivity index (χ0) is 16.3. The number of ether oxygens (including phenoxy) is 1. The van der Waals surface area contributed by atoms with E-state index >= 15 is 0 Å². The van der Waals surface area contributed by atoms with Gasteiger partial charge in [0.1, 0.15) is 16.2 Å². The van der Waals surface area contributed by atoms with Gasteiger partial charge in [-0.3, -0.25) is 0 Å². The molecule has 0 saturated carbocycles. The summed E-state index contributed by atoms with van der Waals surface area (Å²) in [5.74, 6) is -1.62. The Balaban J connectivity index is 2.46. The van der Waals surface area contributed by atoms with Crippen LogP contribution in [0.4, 0.5) is 0 Å². The van der Waals surface area contributed by atoms with Crippen LogP contribution in [0.15, 0.2) is 47.4 Å². The number of carboxylic acid groups (broad SMARTS) is 1. The number of benzene rings is 2. The minimum Gasteiger partial charge on any atom is -0.496 e. The summed E-state index contributed by atoms with van der Waals surface area (Å²) in [7, 11) is -2.84. The van der Waals surface area contributed by atoms with E-state index in [1.807, 2.05) is 6.92 Å². The van der Waals surface area contributed by atoms with Gasteiger partial charge in [-0.2, -0.15) is 8.42 Å². The molecule has 2 aromatic carbocycles. The Morgan fingerprint density at radius 2 is 1.64 bits per heavy atom. The molecule has 0 aliphatic rings. The number of carboxylic acids is 1. The van der Waals surface area contributed by atoms with E-state index in [9.17, 15) is 18.3 Å². The van der Waals surface area contributed by atoms with E-state index in [2.05, 4.69) is 0 Å². The maximum Gasteiger partial charge on any atom is 0.343 e.